The van der Waals surface area contributed by atoms with E-state index < -0.39 is 0 Å². The van der Waals surface area contributed by atoms with Crippen molar-refractivity contribution in [2.75, 3.05) is 5.32 Å². The Morgan fingerprint density at radius 2 is 1.67 bits per heavy atom. The molecule has 0 aliphatic carbocycles. The van der Waals surface area contributed by atoms with E-state index in [0.29, 0.717) is 11.4 Å². The zero-order valence-electron chi connectivity index (χ0n) is 14.3. The van der Waals surface area contributed by atoms with Crippen LogP contribution in [0.5, 0.6) is 0 Å². The lowest BCUT2D eigenvalue weighted by molar-refractivity contribution is 0.102. The number of nitrogens with one attached hydrogen (secondary N) is 1. The van der Waals surface area contributed by atoms with Crippen LogP contribution in [-0.4, -0.2) is 20.7 Å². The maximum absolute atomic E-state index is 12.4. The van der Waals surface area contributed by atoms with E-state index >= 15 is 0 Å². The molecule has 0 fully saturated rings. The smallest absolute Gasteiger partial charge is 0.256 e. The molecule has 122 valence electrons. The number of pyridine rings is 1. The Labute approximate surface area is 141 Å². The molecule has 5 heteroatoms. The topological polar surface area (TPSA) is 59.8 Å². The fourth-order valence-corrected chi connectivity index (χ4v) is 2.74. The van der Waals surface area contributed by atoms with Crippen LogP contribution in [0, 0.1) is 27.7 Å². The van der Waals surface area contributed by atoms with E-state index in [9.17, 15) is 4.79 Å². The van der Waals surface area contributed by atoms with Crippen molar-refractivity contribution in [1.82, 2.24) is 14.8 Å². The van der Waals surface area contributed by atoms with Gasteiger partial charge >= 0.3 is 0 Å². The fraction of sp³-hybridized carbons (Fsp3) is 0.211. The minimum Gasteiger partial charge on any atom is -0.307 e. The lowest BCUT2D eigenvalue weighted by Crippen LogP contribution is -2.13. The SMILES string of the molecule is Cc1cc(C)nc(NC(=O)c2ccc(-n3nc(C)cc3C)cc2)c1. The third-order valence-electron chi connectivity index (χ3n) is 3.72. The Morgan fingerprint density at radius 3 is 2.25 bits per heavy atom. The monoisotopic (exact) mass is 320 g/mol. The minimum atomic E-state index is -0.174. The zero-order valence-corrected chi connectivity index (χ0v) is 14.3. The first-order valence-electron chi connectivity index (χ1n) is 7.83. The van der Waals surface area contributed by atoms with Crippen LogP contribution in [0.3, 0.4) is 0 Å². The lowest BCUT2D eigenvalue weighted by atomic mass is 10.2. The summed E-state index contributed by atoms with van der Waals surface area (Å²) in [4.78, 5) is 16.7. The van der Waals surface area contributed by atoms with Crippen molar-refractivity contribution < 1.29 is 4.79 Å². The second-order valence-electron chi connectivity index (χ2n) is 6.01. The molecule has 0 atom stereocenters. The number of rotatable bonds is 3. The fourth-order valence-electron chi connectivity index (χ4n) is 2.74. The normalized spacial score (nSPS) is 10.7. The van der Waals surface area contributed by atoms with Crippen LogP contribution in [0.15, 0.2) is 42.5 Å². The van der Waals surface area contributed by atoms with Gasteiger partial charge in [-0.15, -0.1) is 0 Å². The number of nitrogens with zero attached hydrogens (tertiary/aromatic N) is 3. The number of hydrogen-bond donors (Lipinski definition) is 1. The van der Waals surface area contributed by atoms with Gasteiger partial charge in [-0.25, -0.2) is 9.67 Å². The van der Waals surface area contributed by atoms with Crippen LogP contribution in [0.1, 0.15) is 33.0 Å². The van der Waals surface area contributed by atoms with E-state index in [4.69, 9.17) is 0 Å². The molecule has 5 nitrogen and oxygen atoms in total. The first kappa shape index (κ1) is 15.9. The van der Waals surface area contributed by atoms with Gasteiger partial charge in [0.15, 0.2) is 0 Å². The summed E-state index contributed by atoms with van der Waals surface area (Å²) in [6.07, 6.45) is 0. The summed E-state index contributed by atoms with van der Waals surface area (Å²) < 4.78 is 1.86. The first-order chi connectivity index (χ1) is 11.4. The largest absolute Gasteiger partial charge is 0.307 e. The number of aryl methyl sites for hydroxylation is 4. The van der Waals surface area contributed by atoms with Gasteiger partial charge in [0.1, 0.15) is 5.82 Å². The van der Waals surface area contributed by atoms with Crippen molar-refractivity contribution in [2.24, 2.45) is 0 Å². The third kappa shape index (κ3) is 3.35. The van der Waals surface area contributed by atoms with E-state index in [2.05, 4.69) is 15.4 Å². The predicted molar refractivity (Wildman–Crippen MR) is 94.7 cm³/mol. The summed E-state index contributed by atoms with van der Waals surface area (Å²) in [6, 6.07) is 13.2. The average Bonchev–Trinajstić information content (AvgIpc) is 2.85. The molecule has 0 saturated carbocycles. The molecule has 3 aromatic rings. The highest BCUT2D eigenvalue weighted by molar-refractivity contribution is 6.03. The minimum absolute atomic E-state index is 0.174. The lowest BCUT2D eigenvalue weighted by Gasteiger charge is -2.08. The number of carbonyl (C=O) groups is 1. The highest BCUT2D eigenvalue weighted by Gasteiger charge is 2.09. The Bertz CT molecular complexity index is 874. The molecule has 1 amide bonds. The maximum atomic E-state index is 12.4. The molecular weight excluding hydrogens is 300 g/mol. The quantitative estimate of drug-likeness (QED) is 0.799. The summed E-state index contributed by atoms with van der Waals surface area (Å²) >= 11 is 0. The van der Waals surface area contributed by atoms with E-state index in [1.807, 2.05) is 62.7 Å². The van der Waals surface area contributed by atoms with Gasteiger partial charge in [0, 0.05) is 17.0 Å². The van der Waals surface area contributed by atoms with Gasteiger partial charge in [-0.05, 0) is 75.7 Å². The maximum Gasteiger partial charge on any atom is 0.256 e. The number of benzene rings is 1. The Balaban J connectivity index is 1.80. The van der Waals surface area contributed by atoms with Crippen LogP contribution >= 0.6 is 0 Å². The van der Waals surface area contributed by atoms with Crippen molar-refractivity contribution in [1.29, 1.82) is 0 Å². The summed E-state index contributed by atoms with van der Waals surface area (Å²) in [6.45, 7) is 7.86. The molecular formula is C19H20N4O. The van der Waals surface area contributed by atoms with Crippen molar-refractivity contribution in [3.8, 4) is 5.69 Å². The summed E-state index contributed by atoms with van der Waals surface area (Å²) in [5.74, 6) is 0.396. The molecule has 0 aliphatic rings. The van der Waals surface area contributed by atoms with Gasteiger partial charge in [0.25, 0.3) is 5.91 Å². The Morgan fingerprint density at radius 1 is 0.958 bits per heavy atom. The summed E-state index contributed by atoms with van der Waals surface area (Å²) in [5, 5.41) is 7.29. The Hall–Kier alpha value is -2.95. The molecule has 3 rings (SSSR count). The van der Waals surface area contributed by atoms with Crippen LogP contribution in [-0.2, 0) is 0 Å². The predicted octanol–water partition coefficient (Wildman–Crippen LogP) is 3.75. The van der Waals surface area contributed by atoms with E-state index in [1.54, 1.807) is 12.1 Å². The van der Waals surface area contributed by atoms with Crippen LogP contribution < -0.4 is 5.32 Å². The van der Waals surface area contributed by atoms with E-state index in [0.717, 1.165) is 28.3 Å². The van der Waals surface area contributed by atoms with Crippen LogP contribution in [0.4, 0.5) is 5.82 Å². The van der Waals surface area contributed by atoms with Gasteiger partial charge in [-0.2, -0.15) is 5.10 Å². The van der Waals surface area contributed by atoms with Crippen LogP contribution in [0.25, 0.3) is 5.69 Å². The number of anilines is 1. The molecule has 0 aliphatic heterocycles. The highest BCUT2D eigenvalue weighted by Crippen LogP contribution is 2.15. The first-order valence-corrected chi connectivity index (χ1v) is 7.83. The van der Waals surface area contributed by atoms with Crippen molar-refractivity contribution in [3.05, 3.63) is 70.7 Å². The van der Waals surface area contributed by atoms with Crippen molar-refractivity contribution in [3.63, 3.8) is 0 Å². The van der Waals surface area contributed by atoms with E-state index in [1.165, 1.54) is 0 Å². The highest BCUT2D eigenvalue weighted by atomic mass is 16.1. The van der Waals surface area contributed by atoms with Crippen molar-refractivity contribution in [2.45, 2.75) is 27.7 Å². The molecule has 0 bridgehead atoms. The second-order valence-corrected chi connectivity index (χ2v) is 6.01. The second kappa shape index (κ2) is 6.28. The molecule has 0 unspecified atom stereocenters. The molecule has 2 aromatic heterocycles. The van der Waals surface area contributed by atoms with Crippen molar-refractivity contribution >= 4 is 11.7 Å². The molecule has 1 N–H and O–H groups in total. The molecule has 0 saturated heterocycles. The zero-order chi connectivity index (χ0) is 17.3. The van der Waals surface area contributed by atoms with E-state index in [-0.39, 0.29) is 5.91 Å². The Kier molecular flexibility index (Phi) is 4.16. The third-order valence-corrected chi connectivity index (χ3v) is 3.72. The number of carbonyl (C=O) groups excluding carboxylic acids is 1. The molecule has 2 heterocycles. The molecule has 24 heavy (non-hydrogen) atoms. The molecule has 1 aromatic carbocycles. The molecule has 0 radical (unpaired) electrons. The standard InChI is InChI=1S/C19H20N4O/c1-12-9-13(2)20-18(10-12)21-19(24)16-5-7-17(8-6-16)23-15(4)11-14(3)22-23/h5-11H,1-4H3,(H,20,21,24). The summed E-state index contributed by atoms with van der Waals surface area (Å²) in [7, 11) is 0. The van der Waals surface area contributed by atoms with Gasteiger partial charge < -0.3 is 5.32 Å². The van der Waals surface area contributed by atoms with Gasteiger partial charge in [0.05, 0.1) is 11.4 Å². The number of aromatic nitrogens is 3. The molecule has 0 spiro atoms. The average molecular weight is 320 g/mol. The number of amides is 1. The van der Waals surface area contributed by atoms with Gasteiger partial charge in [0.2, 0.25) is 0 Å². The van der Waals surface area contributed by atoms with Crippen LogP contribution in [0.2, 0.25) is 0 Å². The number of hydrogen-bond acceptors (Lipinski definition) is 3. The van der Waals surface area contributed by atoms with Gasteiger partial charge in [-0.3, -0.25) is 4.79 Å². The van der Waals surface area contributed by atoms with Gasteiger partial charge in [-0.1, -0.05) is 0 Å². The summed E-state index contributed by atoms with van der Waals surface area (Å²) in [5.41, 5.74) is 5.49.